The van der Waals surface area contributed by atoms with Gasteiger partial charge in [-0.1, -0.05) is 12.1 Å². The summed E-state index contributed by atoms with van der Waals surface area (Å²) >= 11 is 2.08. The van der Waals surface area contributed by atoms with Crippen LogP contribution in [0.2, 0.25) is 0 Å². The summed E-state index contributed by atoms with van der Waals surface area (Å²) in [6.07, 6.45) is 1.32. The van der Waals surface area contributed by atoms with Crippen molar-refractivity contribution in [2.75, 3.05) is 17.1 Å². The molecule has 0 unspecified atom stereocenters. The van der Waals surface area contributed by atoms with Crippen LogP contribution in [0.5, 0.6) is 0 Å². The summed E-state index contributed by atoms with van der Waals surface area (Å²) in [4.78, 5) is 4.13. The van der Waals surface area contributed by atoms with E-state index in [2.05, 4.69) is 37.6 Å². The lowest BCUT2D eigenvalue weighted by atomic mass is 10.3. The molecule has 0 aliphatic heterocycles. The number of benzene rings is 1. The van der Waals surface area contributed by atoms with E-state index in [-0.39, 0.29) is 4.90 Å². The van der Waals surface area contributed by atoms with Crippen molar-refractivity contribution in [3.05, 3.63) is 46.2 Å². The minimum Gasteiger partial charge on any atom is -0.373 e. The number of aromatic nitrogens is 1. The fourth-order valence-corrected chi connectivity index (χ4v) is 3.16. The van der Waals surface area contributed by atoms with Crippen molar-refractivity contribution in [1.29, 1.82) is 0 Å². The number of nitrogens with one attached hydrogen (secondary N) is 2. The van der Waals surface area contributed by atoms with Crippen LogP contribution in [0, 0.1) is 3.57 Å². The largest absolute Gasteiger partial charge is 0.373 e. The monoisotopic (exact) mass is 389 g/mol. The molecule has 0 bridgehead atoms. The molecule has 0 aliphatic rings. The average molecular weight is 389 g/mol. The predicted molar refractivity (Wildman–Crippen MR) is 83.8 cm³/mol. The van der Waals surface area contributed by atoms with Gasteiger partial charge in [-0.05, 0) is 46.9 Å². The fraction of sp³-hybridized carbons (Fsp3) is 0.0833. The van der Waals surface area contributed by atoms with Crippen LogP contribution >= 0.6 is 22.6 Å². The normalized spacial score (nSPS) is 11.1. The molecule has 7 heteroatoms. The summed E-state index contributed by atoms with van der Waals surface area (Å²) in [7, 11) is -1.88. The van der Waals surface area contributed by atoms with Gasteiger partial charge >= 0.3 is 0 Å². The fourth-order valence-electron chi connectivity index (χ4n) is 1.43. The Morgan fingerprint density at radius 3 is 2.47 bits per heavy atom. The SMILES string of the molecule is CNc1ccc(S(=O)(=O)Nc2ccccc2I)cn1. The van der Waals surface area contributed by atoms with Crippen LogP contribution < -0.4 is 10.0 Å². The quantitative estimate of drug-likeness (QED) is 0.789. The van der Waals surface area contributed by atoms with E-state index < -0.39 is 10.0 Å². The number of anilines is 2. The van der Waals surface area contributed by atoms with Crippen LogP contribution in [-0.4, -0.2) is 20.4 Å². The number of hydrogen-bond donors (Lipinski definition) is 2. The van der Waals surface area contributed by atoms with Gasteiger partial charge in [-0.25, -0.2) is 13.4 Å². The first-order valence-corrected chi connectivity index (χ1v) is 8.00. The van der Waals surface area contributed by atoms with Gasteiger partial charge in [0.05, 0.1) is 5.69 Å². The van der Waals surface area contributed by atoms with E-state index in [4.69, 9.17) is 0 Å². The van der Waals surface area contributed by atoms with Crippen LogP contribution in [0.1, 0.15) is 0 Å². The Kier molecular flexibility index (Phi) is 4.25. The maximum Gasteiger partial charge on any atom is 0.263 e. The van der Waals surface area contributed by atoms with E-state index in [0.29, 0.717) is 11.5 Å². The maximum atomic E-state index is 12.2. The number of para-hydroxylation sites is 1. The van der Waals surface area contributed by atoms with Crippen molar-refractivity contribution in [2.24, 2.45) is 0 Å². The number of hydrogen-bond acceptors (Lipinski definition) is 4. The topological polar surface area (TPSA) is 71.1 Å². The van der Waals surface area contributed by atoms with E-state index in [1.165, 1.54) is 12.3 Å². The zero-order valence-corrected chi connectivity index (χ0v) is 13.1. The van der Waals surface area contributed by atoms with Gasteiger partial charge in [0.15, 0.2) is 0 Å². The van der Waals surface area contributed by atoms with E-state index in [9.17, 15) is 8.42 Å². The third kappa shape index (κ3) is 3.35. The van der Waals surface area contributed by atoms with Gasteiger partial charge in [-0.3, -0.25) is 4.72 Å². The summed E-state index contributed by atoms with van der Waals surface area (Å²) in [6.45, 7) is 0. The van der Waals surface area contributed by atoms with Gasteiger partial charge in [-0.2, -0.15) is 0 Å². The Morgan fingerprint density at radius 1 is 1.16 bits per heavy atom. The van der Waals surface area contributed by atoms with E-state index in [0.717, 1.165) is 3.57 Å². The minimum absolute atomic E-state index is 0.131. The number of sulfonamides is 1. The Bertz CT molecular complexity index is 672. The second kappa shape index (κ2) is 5.74. The highest BCUT2D eigenvalue weighted by molar-refractivity contribution is 14.1. The van der Waals surface area contributed by atoms with Gasteiger partial charge < -0.3 is 5.32 Å². The van der Waals surface area contributed by atoms with Crippen LogP contribution in [0.4, 0.5) is 11.5 Å². The van der Waals surface area contributed by atoms with Crippen molar-refractivity contribution in [3.63, 3.8) is 0 Å². The number of pyridine rings is 1. The van der Waals surface area contributed by atoms with E-state index >= 15 is 0 Å². The summed E-state index contributed by atoms with van der Waals surface area (Å²) in [5.74, 6) is 0.619. The molecule has 0 amide bonds. The van der Waals surface area contributed by atoms with Crippen LogP contribution in [0.3, 0.4) is 0 Å². The summed E-state index contributed by atoms with van der Waals surface area (Å²) in [5, 5.41) is 2.84. The molecule has 0 radical (unpaired) electrons. The molecule has 19 heavy (non-hydrogen) atoms. The van der Waals surface area contributed by atoms with Gasteiger partial charge in [0.25, 0.3) is 10.0 Å². The molecule has 1 heterocycles. The molecular formula is C12H12IN3O2S. The van der Waals surface area contributed by atoms with E-state index in [1.807, 2.05) is 12.1 Å². The van der Waals surface area contributed by atoms with Crippen molar-refractivity contribution < 1.29 is 8.42 Å². The van der Waals surface area contributed by atoms with Crippen molar-refractivity contribution in [2.45, 2.75) is 4.90 Å². The van der Waals surface area contributed by atoms with Crippen LogP contribution in [0.15, 0.2) is 47.5 Å². The molecule has 100 valence electrons. The molecule has 0 saturated heterocycles. The molecule has 0 atom stereocenters. The molecule has 5 nitrogen and oxygen atoms in total. The first kappa shape index (κ1) is 14.1. The molecule has 1 aromatic heterocycles. The molecule has 2 N–H and O–H groups in total. The first-order chi connectivity index (χ1) is 9.03. The van der Waals surface area contributed by atoms with Crippen molar-refractivity contribution in [3.8, 4) is 0 Å². The lowest BCUT2D eigenvalue weighted by Gasteiger charge is -2.09. The Hall–Kier alpha value is -1.35. The zero-order chi connectivity index (χ0) is 13.9. The standard InChI is InChI=1S/C12H12IN3O2S/c1-14-12-7-6-9(8-15-12)19(17,18)16-11-5-3-2-4-10(11)13/h2-8,16H,1H3,(H,14,15). The lowest BCUT2D eigenvalue weighted by molar-refractivity contribution is 0.601. The number of nitrogens with zero attached hydrogens (tertiary/aromatic N) is 1. The molecule has 0 saturated carbocycles. The number of rotatable bonds is 4. The first-order valence-electron chi connectivity index (χ1n) is 5.44. The highest BCUT2D eigenvalue weighted by atomic mass is 127. The molecular weight excluding hydrogens is 377 g/mol. The van der Waals surface area contributed by atoms with Gasteiger partial charge in [0.2, 0.25) is 0 Å². The summed E-state index contributed by atoms with van der Waals surface area (Å²) in [6, 6.07) is 10.3. The molecule has 0 fully saturated rings. The second-order valence-corrected chi connectivity index (χ2v) is 6.56. The van der Waals surface area contributed by atoms with Gasteiger partial charge in [0.1, 0.15) is 10.7 Å². The van der Waals surface area contributed by atoms with Crippen molar-refractivity contribution >= 4 is 44.1 Å². The summed E-state index contributed by atoms with van der Waals surface area (Å²) < 4.78 is 27.7. The minimum atomic E-state index is -3.61. The van der Waals surface area contributed by atoms with Gasteiger partial charge in [0, 0.05) is 16.8 Å². The highest BCUT2D eigenvalue weighted by Crippen LogP contribution is 2.21. The highest BCUT2D eigenvalue weighted by Gasteiger charge is 2.15. The Morgan fingerprint density at radius 2 is 1.89 bits per heavy atom. The van der Waals surface area contributed by atoms with Crippen molar-refractivity contribution in [1.82, 2.24) is 4.98 Å². The average Bonchev–Trinajstić information content (AvgIpc) is 2.41. The Labute approximate surface area is 125 Å². The molecule has 1 aromatic carbocycles. The molecule has 2 rings (SSSR count). The zero-order valence-electron chi connectivity index (χ0n) is 10.1. The second-order valence-electron chi connectivity index (χ2n) is 3.71. The van der Waals surface area contributed by atoms with Crippen LogP contribution in [0.25, 0.3) is 0 Å². The summed E-state index contributed by atoms with van der Waals surface area (Å²) in [5.41, 5.74) is 0.556. The van der Waals surface area contributed by atoms with Crippen LogP contribution in [-0.2, 0) is 10.0 Å². The third-order valence-corrected chi connectivity index (χ3v) is 4.71. The molecule has 0 spiro atoms. The van der Waals surface area contributed by atoms with Gasteiger partial charge in [-0.15, -0.1) is 0 Å². The lowest BCUT2D eigenvalue weighted by Crippen LogP contribution is -2.14. The van der Waals surface area contributed by atoms with E-state index in [1.54, 1.807) is 25.2 Å². The third-order valence-electron chi connectivity index (χ3n) is 2.42. The Balaban J connectivity index is 2.30. The number of halogens is 1. The smallest absolute Gasteiger partial charge is 0.263 e. The molecule has 0 aliphatic carbocycles. The predicted octanol–water partition coefficient (Wildman–Crippen LogP) is 2.53. The maximum absolute atomic E-state index is 12.2. The molecule has 2 aromatic rings.